The van der Waals surface area contributed by atoms with E-state index in [1.54, 1.807) is 23.1 Å². The number of carbonyl (C=O) groups is 2. The van der Waals surface area contributed by atoms with E-state index in [2.05, 4.69) is 20.3 Å². The number of benzene rings is 4. The van der Waals surface area contributed by atoms with Gasteiger partial charge < -0.3 is 30.0 Å². The molecule has 194 valence electrons. The zero-order valence-electron chi connectivity index (χ0n) is 21.0. The van der Waals surface area contributed by atoms with E-state index in [1.165, 1.54) is 0 Å². The number of amides is 2. The minimum atomic E-state index is -0.418. The van der Waals surface area contributed by atoms with E-state index in [-0.39, 0.29) is 11.8 Å². The van der Waals surface area contributed by atoms with Crippen LogP contribution in [0.3, 0.4) is 0 Å². The molecule has 6 aromatic rings. The predicted octanol–water partition coefficient (Wildman–Crippen LogP) is 6.20. The van der Waals surface area contributed by atoms with Crippen molar-refractivity contribution in [2.75, 3.05) is 16.8 Å². The van der Waals surface area contributed by atoms with Crippen molar-refractivity contribution < 1.29 is 19.4 Å². The van der Waals surface area contributed by atoms with Crippen molar-refractivity contribution in [3.8, 4) is 5.75 Å². The molecule has 0 aliphatic carbocycles. The Morgan fingerprint density at radius 3 is 2.62 bits per heavy atom. The minimum absolute atomic E-state index is 0.171. The van der Waals surface area contributed by atoms with Crippen molar-refractivity contribution in [1.82, 2.24) is 9.97 Å². The molecule has 8 rings (SSSR count). The topological polar surface area (TPSA) is 123 Å². The van der Waals surface area contributed by atoms with Crippen LogP contribution in [-0.4, -0.2) is 39.5 Å². The van der Waals surface area contributed by atoms with Crippen molar-refractivity contribution in [3.63, 3.8) is 0 Å². The highest BCUT2D eigenvalue weighted by Crippen LogP contribution is 2.45. The molecule has 0 atom stereocenters. The number of para-hydroxylation sites is 1. The van der Waals surface area contributed by atoms with Crippen LogP contribution in [0.2, 0.25) is 0 Å². The fourth-order valence-corrected chi connectivity index (χ4v) is 5.79. The number of nitrogens with one attached hydrogen (secondary N) is 3. The second kappa shape index (κ2) is 8.21. The summed E-state index contributed by atoms with van der Waals surface area (Å²) >= 11 is 0. The summed E-state index contributed by atoms with van der Waals surface area (Å²) in [5.74, 6) is 0.0623. The summed E-state index contributed by atoms with van der Waals surface area (Å²) in [7, 11) is 0. The quantitative estimate of drug-likeness (QED) is 0.219. The number of ether oxygens (including phenoxy) is 1. The van der Waals surface area contributed by atoms with Crippen LogP contribution in [0.25, 0.3) is 32.6 Å². The van der Waals surface area contributed by atoms with Crippen LogP contribution in [0.1, 0.15) is 26.5 Å². The van der Waals surface area contributed by atoms with E-state index in [0.29, 0.717) is 41.5 Å². The summed E-state index contributed by atoms with van der Waals surface area (Å²) in [4.78, 5) is 38.8. The molecule has 0 radical (unpaired) electrons. The second-order valence-electron chi connectivity index (χ2n) is 9.98. The molecule has 2 aliphatic heterocycles. The zero-order chi connectivity index (χ0) is 27.0. The molecule has 4 aromatic carbocycles. The van der Waals surface area contributed by atoms with Gasteiger partial charge in [-0.3, -0.25) is 9.59 Å². The number of aromatic nitrogens is 2. The second-order valence-corrected chi connectivity index (χ2v) is 9.98. The van der Waals surface area contributed by atoms with Crippen LogP contribution in [0.4, 0.5) is 17.1 Å². The number of aliphatic hydroxyl groups is 1. The van der Waals surface area contributed by atoms with Gasteiger partial charge in [-0.25, -0.2) is 0 Å². The summed E-state index contributed by atoms with van der Waals surface area (Å²) in [6.07, 6.45) is 0.278. The number of hydrogen-bond donors (Lipinski definition) is 4. The largest absolute Gasteiger partial charge is 0.466 e. The number of aliphatic hydroxyl groups excluding tert-OH is 1. The van der Waals surface area contributed by atoms with Crippen molar-refractivity contribution in [3.05, 3.63) is 95.8 Å². The Morgan fingerprint density at radius 1 is 0.900 bits per heavy atom. The third-order valence-corrected chi connectivity index (χ3v) is 7.61. The number of anilines is 2. The lowest BCUT2D eigenvalue weighted by Gasteiger charge is -2.20. The molecule has 2 aliphatic rings. The molecule has 0 fully saturated rings. The number of hydrogen-bond acceptors (Lipinski definition) is 4. The van der Waals surface area contributed by atoms with Crippen LogP contribution in [0.5, 0.6) is 5.75 Å². The third-order valence-electron chi connectivity index (χ3n) is 7.61. The zero-order valence-corrected chi connectivity index (χ0v) is 21.0. The molecule has 4 heterocycles. The maximum Gasteiger partial charge on any atom is 0.391 e. The summed E-state index contributed by atoms with van der Waals surface area (Å²) in [6, 6.07) is 24.4. The smallest absolute Gasteiger partial charge is 0.391 e. The standard InChI is InChI=1S/C31H21N5O4/c37-29(24-13-16-4-1-2-6-21(16)33-24)32-18-8-9-22-17(12-18)14-25(34-22)30(38)36-11-10-19-20-5-3-7-23-28(20)27(15-26(19)36)40-31(39)35-23/h1-9,12-15,33-34H,10-11H2,(H,32,37)(H,35,39). The molecule has 0 saturated carbocycles. The van der Waals surface area contributed by atoms with Crippen LogP contribution in [0.15, 0.2) is 83.9 Å². The molecular formula is C31H21N5O4. The number of aromatic amines is 2. The molecular weight excluding hydrogens is 506 g/mol. The van der Waals surface area contributed by atoms with Crippen molar-refractivity contribution >= 4 is 67.5 Å². The Morgan fingerprint density at radius 2 is 1.73 bits per heavy atom. The summed E-state index contributed by atoms with van der Waals surface area (Å²) in [5.41, 5.74) is 5.67. The van der Waals surface area contributed by atoms with Gasteiger partial charge in [-0.15, -0.1) is 0 Å². The number of aliphatic imine (C=N–C) groups is 1. The number of H-pyrrole nitrogens is 2. The first kappa shape index (κ1) is 22.4. The van der Waals surface area contributed by atoms with Crippen LogP contribution in [0, 0.1) is 0 Å². The van der Waals surface area contributed by atoms with Crippen LogP contribution >= 0.6 is 0 Å². The van der Waals surface area contributed by atoms with Crippen molar-refractivity contribution in [2.45, 2.75) is 6.42 Å². The van der Waals surface area contributed by atoms with E-state index < -0.39 is 6.08 Å². The molecule has 2 aromatic heterocycles. The van der Waals surface area contributed by atoms with Gasteiger partial charge >= 0.3 is 6.08 Å². The molecule has 0 bridgehead atoms. The highest BCUT2D eigenvalue weighted by atomic mass is 16.6. The summed E-state index contributed by atoms with van der Waals surface area (Å²) in [6.45, 7) is 0.519. The van der Waals surface area contributed by atoms with E-state index in [0.717, 1.165) is 43.8 Å². The first-order valence-corrected chi connectivity index (χ1v) is 12.9. The SMILES string of the molecule is O=C(Nc1ccc2[nH]c(C(=O)N3CCc4c3cc3c5c(cccc45)N=C(O)O3)cc2c1)c1cc2ccccc2[nH]1. The van der Waals surface area contributed by atoms with Gasteiger partial charge in [-0.1, -0.05) is 30.3 Å². The highest BCUT2D eigenvalue weighted by molar-refractivity contribution is 6.13. The lowest BCUT2D eigenvalue weighted by Crippen LogP contribution is -2.29. The molecule has 40 heavy (non-hydrogen) atoms. The Kier molecular flexibility index (Phi) is 4.60. The Labute approximate surface area is 226 Å². The van der Waals surface area contributed by atoms with Gasteiger partial charge in [0.15, 0.2) is 0 Å². The van der Waals surface area contributed by atoms with E-state index in [1.807, 2.05) is 60.7 Å². The fraction of sp³-hybridized carbons (Fsp3) is 0.0645. The third kappa shape index (κ3) is 3.37. The van der Waals surface area contributed by atoms with Crippen LogP contribution in [-0.2, 0) is 6.42 Å². The van der Waals surface area contributed by atoms with Gasteiger partial charge in [0.2, 0.25) is 0 Å². The first-order chi connectivity index (χ1) is 19.5. The Balaban J connectivity index is 1.09. The van der Waals surface area contributed by atoms with Gasteiger partial charge in [-0.05, 0) is 59.8 Å². The Hall–Kier alpha value is -5.57. The predicted molar refractivity (Wildman–Crippen MR) is 154 cm³/mol. The van der Waals surface area contributed by atoms with Crippen molar-refractivity contribution in [2.24, 2.45) is 4.99 Å². The molecule has 0 saturated heterocycles. The average molecular weight is 528 g/mol. The number of nitrogens with zero attached hydrogens (tertiary/aromatic N) is 2. The molecule has 0 unspecified atom stereocenters. The monoisotopic (exact) mass is 527 g/mol. The van der Waals surface area contributed by atoms with Crippen LogP contribution < -0.4 is 15.0 Å². The van der Waals surface area contributed by atoms with Gasteiger partial charge in [0.1, 0.15) is 17.1 Å². The molecule has 9 heteroatoms. The Bertz CT molecular complexity index is 2050. The van der Waals surface area contributed by atoms with Gasteiger partial charge in [0, 0.05) is 40.1 Å². The minimum Gasteiger partial charge on any atom is -0.466 e. The van der Waals surface area contributed by atoms with E-state index >= 15 is 0 Å². The molecule has 9 nitrogen and oxygen atoms in total. The summed E-state index contributed by atoms with van der Waals surface area (Å²) < 4.78 is 5.53. The van der Waals surface area contributed by atoms with Gasteiger partial charge in [-0.2, -0.15) is 4.99 Å². The fourth-order valence-electron chi connectivity index (χ4n) is 5.79. The highest BCUT2D eigenvalue weighted by Gasteiger charge is 2.31. The molecule has 2 amide bonds. The molecule has 4 N–H and O–H groups in total. The number of carbonyl (C=O) groups excluding carboxylic acids is 2. The van der Waals surface area contributed by atoms with Gasteiger partial charge in [0.25, 0.3) is 11.8 Å². The van der Waals surface area contributed by atoms with Crippen molar-refractivity contribution in [1.29, 1.82) is 0 Å². The lowest BCUT2D eigenvalue weighted by atomic mass is 9.99. The lowest BCUT2D eigenvalue weighted by molar-refractivity contribution is 0.0983. The average Bonchev–Trinajstić information content (AvgIpc) is 3.69. The van der Waals surface area contributed by atoms with E-state index in [9.17, 15) is 14.7 Å². The molecule has 0 spiro atoms. The van der Waals surface area contributed by atoms with Gasteiger partial charge in [0.05, 0.1) is 16.8 Å². The number of fused-ring (bicyclic) bond motifs is 4. The maximum absolute atomic E-state index is 13.7. The number of rotatable bonds is 3. The van der Waals surface area contributed by atoms with E-state index in [4.69, 9.17) is 4.74 Å². The maximum atomic E-state index is 13.7. The first-order valence-electron chi connectivity index (χ1n) is 12.9. The summed E-state index contributed by atoms with van der Waals surface area (Å²) in [5, 5.41) is 16.5. The normalized spacial score (nSPS) is 13.9.